The van der Waals surface area contributed by atoms with Gasteiger partial charge >= 0.3 is 0 Å². The fraction of sp³-hybridized carbons (Fsp3) is 0.391. The largest absolute Gasteiger partial charge is 0.491 e. The molecule has 170 valence electrons. The Morgan fingerprint density at radius 3 is 1.87 bits per heavy atom. The molecule has 0 heterocycles. The van der Waals surface area contributed by atoms with E-state index in [0.717, 1.165) is 13.0 Å². The summed E-state index contributed by atoms with van der Waals surface area (Å²) in [5, 5.41) is 8.07. The van der Waals surface area contributed by atoms with Gasteiger partial charge in [-0.2, -0.15) is 14.0 Å². The van der Waals surface area contributed by atoms with Crippen LogP contribution in [0, 0.1) is 58.8 Å². The van der Waals surface area contributed by atoms with Gasteiger partial charge in [0.05, 0.1) is 18.7 Å². The molecule has 31 heavy (non-hydrogen) atoms. The van der Waals surface area contributed by atoms with Crippen molar-refractivity contribution in [3.05, 3.63) is 53.1 Å². The number of hydrogen-bond donors (Lipinski definition) is 0. The number of methoxy groups -OCH3 is 1. The van der Waals surface area contributed by atoms with Crippen LogP contribution in [0.1, 0.15) is 39.7 Å². The van der Waals surface area contributed by atoms with Crippen LogP contribution in [-0.4, -0.2) is 13.6 Å². The van der Waals surface area contributed by atoms with Gasteiger partial charge in [-0.3, -0.25) is 4.79 Å². The van der Waals surface area contributed by atoms with E-state index in [1.54, 1.807) is 12.2 Å². The number of carbonyl (C=O) groups is 1. The van der Waals surface area contributed by atoms with Crippen LogP contribution in [0.3, 0.4) is 0 Å². The highest BCUT2D eigenvalue weighted by Crippen LogP contribution is 2.50. The van der Waals surface area contributed by atoms with Gasteiger partial charge in [0.25, 0.3) is 6.47 Å². The van der Waals surface area contributed by atoms with Gasteiger partial charge in [0.1, 0.15) is 6.61 Å². The molecule has 0 amide bonds. The van der Waals surface area contributed by atoms with Crippen LogP contribution >= 0.6 is 0 Å². The molecule has 8 heteroatoms. The minimum absolute atomic E-state index is 0.0983. The molecule has 0 radical (unpaired) electrons. The first-order valence-electron chi connectivity index (χ1n) is 8.97. The minimum atomic E-state index is -1.68. The summed E-state index contributed by atoms with van der Waals surface area (Å²) in [7, 11) is 0.863. The Balaban J connectivity index is 0. The average molecular weight is 441 g/mol. The average Bonchev–Trinajstić information content (AvgIpc) is 3.32. The molecule has 0 aromatic heterocycles. The summed E-state index contributed by atoms with van der Waals surface area (Å²) < 4.78 is 60.7. The molecule has 1 saturated carbocycles. The van der Waals surface area contributed by atoms with E-state index < -0.39 is 41.2 Å². The van der Waals surface area contributed by atoms with Crippen LogP contribution in [0.25, 0.3) is 0 Å². The molecule has 0 N–H and O–H groups in total. The van der Waals surface area contributed by atoms with Gasteiger partial charge < -0.3 is 9.47 Å². The summed E-state index contributed by atoms with van der Waals surface area (Å²) >= 11 is 0. The molecule has 1 aromatic rings. The third-order valence-corrected chi connectivity index (χ3v) is 4.33. The predicted molar refractivity (Wildman–Crippen MR) is 111 cm³/mol. The van der Waals surface area contributed by atoms with Crippen LogP contribution < -0.4 is 4.74 Å². The predicted octanol–water partition coefficient (Wildman–Crippen LogP) is 5.87. The molecule has 4 nitrogen and oxygen atoms in total. The molecular formula is C23H27F4NO3. The first-order valence-corrected chi connectivity index (χ1v) is 8.97. The molecule has 1 aliphatic carbocycles. The van der Waals surface area contributed by atoms with E-state index in [1.807, 2.05) is 13.0 Å². The Morgan fingerprint density at radius 1 is 1.23 bits per heavy atom. The smallest absolute Gasteiger partial charge is 0.293 e. The van der Waals surface area contributed by atoms with Crippen molar-refractivity contribution in [2.45, 2.75) is 40.7 Å². The van der Waals surface area contributed by atoms with Gasteiger partial charge in [-0.15, -0.1) is 12.8 Å². The third-order valence-electron chi connectivity index (χ3n) is 4.33. The number of rotatable bonds is 5. The van der Waals surface area contributed by atoms with E-state index in [4.69, 9.17) is 5.26 Å². The number of terminal acetylenes is 1. The molecule has 0 unspecified atom stereocenters. The monoisotopic (exact) mass is 441 g/mol. The molecule has 1 fully saturated rings. The second kappa shape index (κ2) is 14.7. The second-order valence-corrected chi connectivity index (χ2v) is 6.91. The van der Waals surface area contributed by atoms with E-state index in [-0.39, 0.29) is 6.47 Å². The molecule has 0 saturated heterocycles. The number of allylic oxidation sites excluding steroid dienone is 3. The van der Waals surface area contributed by atoms with Crippen LogP contribution in [0.5, 0.6) is 5.75 Å². The van der Waals surface area contributed by atoms with Crippen LogP contribution in [0.15, 0.2) is 24.3 Å². The fourth-order valence-corrected chi connectivity index (χ4v) is 2.05. The number of nitriles is 1. The van der Waals surface area contributed by atoms with Crippen LogP contribution in [0.4, 0.5) is 17.6 Å². The number of hydrogen-bond acceptors (Lipinski definition) is 4. The molecule has 1 aliphatic rings. The van der Waals surface area contributed by atoms with Crippen molar-refractivity contribution >= 4 is 6.47 Å². The minimum Gasteiger partial charge on any atom is -0.491 e. The number of halogens is 4. The quantitative estimate of drug-likeness (QED) is 0.143. The lowest BCUT2D eigenvalue weighted by molar-refractivity contribution is -0.129. The molecule has 2 rings (SSSR count). The van der Waals surface area contributed by atoms with E-state index in [0.29, 0.717) is 11.0 Å². The highest BCUT2D eigenvalue weighted by molar-refractivity contribution is 5.39. The molecular weight excluding hydrogens is 414 g/mol. The first-order chi connectivity index (χ1) is 14.5. The Kier molecular flexibility index (Phi) is 14.2. The van der Waals surface area contributed by atoms with E-state index in [2.05, 4.69) is 49.7 Å². The van der Waals surface area contributed by atoms with E-state index >= 15 is 0 Å². The SMILES string of the molecule is C#C.C=C(C#N)/C=C/C.COc1c(F)c(F)c(COC=O)c(F)c1F.C[C@@H]1CC1(C)C. The molecule has 1 aromatic carbocycles. The van der Waals surface area contributed by atoms with Gasteiger partial charge in [0.2, 0.25) is 11.6 Å². The van der Waals surface area contributed by atoms with Crippen molar-refractivity contribution in [2.24, 2.45) is 11.3 Å². The summed E-state index contributed by atoms with van der Waals surface area (Å²) in [6.07, 6.45) is 12.9. The normalized spacial score (nSPS) is 14.8. The van der Waals surface area contributed by atoms with Crippen molar-refractivity contribution in [3.63, 3.8) is 0 Å². The van der Waals surface area contributed by atoms with Crippen molar-refractivity contribution in [1.29, 1.82) is 5.26 Å². The van der Waals surface area contributed by atoms with Gasteiger partial charge in [-0.1, -0.05) is 33.4 Å². The maximum atomic E-state index is 13.2. The number of benzene rings is 1. The van der Waals surface area contributed by atoms with Gasteiger partial charge in [0, 0.05) is 5.57 Å². The molecule has 0 bridgehead atoms. The Bertz CT molecular complexity index is 810. The highest BCUT2D eigenvalue weighted by Gasteiger charge is 2.41. The highest BCUT2D eigenvalue weighted by atomic mass is 19.2. The zero-order valence-electron chi connectivity index (χ0n) is 18.3. The lowest BCUT2D eigenvalue weighted by Gasteiger charge is -2.09. The number of carbonyl (C=O) groups excluding carboxylic acids is 1. The summed E-state index contributed by atoms with van der Waals surface area (Å²) in [5.41, 5.74) is 0.199. The van der Waals surface area contributed by atoms with Gasteiger partial charge in [-0.05, 0) is 30.8 Å². The van der Waals surface area contributed by atoms with E-state index in [9.17, 15) is 22.4 Å². The number of ether oxygens (including phenoxy) is 2. The fourth-order valence-electron chi connectivity index (χ4n) is 2.05. The van der Waals surface area contributed by atoms with Crippen molar-refractivity contribution in [3.8, 4) is 24.7 Å². The lowest BCUT2D eigenvalue weighted by Crippen LogP contribution is -2.07. The zero-order chi connectivity index (χ0) is 24.8. The summed E-state index contributed by atoms with van der Waals surface area (Å²) in [6.45, 7) is 11.2. The van der Waals surface area contributed by atoms with Crippen molar-refractivity contribution < 1.29 is 31.8 Å². The standard InChI is InChI=1S/C9H6F4O3.C6H7N.C6H12.C2H2/c1-15-9-7(12)5(10)4(2-16-3-14)6(11)8(9)13;1-3-4-6(2)5-7;1-5-4-6(5,2)3;1-2/h3H,2H2,1H3;3-4H,2H2,1H3;5H,4H2,1-3H3;1-2H/b;4-3+;;/t;;5-;/m..1./s1. The molecule has 0 aliphatic heterocycles. The molecule has 1 atom stereocenters. The van der Waals surface area contributed by atoms with Gasteiger partial charge in [-0.25, -0.2) is 8.78 Å². The van der Waals surface area contributed by atoms with Crippen LogP contribution in [-0.2, 0) is 16.1 Å². The summed E-state index contributed by atoms with van der Waals surface area (Å²) in [6, 6.07) is 1.88. The maximum absolute atomic E-state index is 13.2. The Morgan fingerprint density at radius 2 is 1.65 bits per heavy atom. The topological polar surface area (TPSA) is 59.3 Å². The van der Waals surface area contributed by atoms with Crippen molar-refractivity contribution in [2.75, 3.05) is 7.11 Å². The Hall–Kier alpha value is -3.26. The van der Waals surface area contributed by atoms with Gasteiger partial charge in [0.15, 0.2) is 17.4 Å². The lowest BCUT2D eigenvalue weighted by atomic mass is 10.1. The first kappa shape index (κ1) is 29.9. The number of nitrogens with zero attached hydrogens (tertiary/aromatic N) is 1. The summed E-state index contributed by atoms with van der Waals surface area (Å²) in [4.78, 5) is 9.81. The van der Waals surface area contributed by atoms with Crippen molar-refractivity contribution in [1.82, 2.24) is 0 Å². The third kappa shape index (κ3) is 9.86. The maximum Gasteiger partial charge on any atom is 0.293 e. The zero-order valence-corrected chi connectivity index (χ0v) is 18.3. The van der Waals surface area contributed by atoms with Crippen LogP contribution in [0.2, 0.25) is 0 Å². The second-order valence-electron chi connectivity index (χ2n) is 6.91. The molecule has 0 spiro atoms. The van der Waals surface area contributed by atoms with E-state index in [1.165, 1.54) is 6.42 Å². The summed E-state index contributed by atoms with van der Waals surface area (Å²) in [5.74, 6) is -6.82. The Labute approximate surface area is 181 Å².